The summed E-state index contributed by atoms with van der Waals surface area (Å²) in [6, 6.07) is 10.4. The smallest absolute Gasteiger partial charge is 0.0412 e. The number of nitrogens with one attached hydrogen (secondary N) is 1. The highest BCUT2D eigenvalue weighted by atomic mass is 32.1. The van der Waals surface area contributed by atoms with E-state index in [0.717, 1.165) is 13.1 Å². The number of hydrogen-bond acceptors (Lipinski definition) is 3. The molecule has 0 amide bonds. The molecule has 1 aliphatic heterocycles. The maximum Gasteiger partial charge on any atom is 0.0412 e. The van der Waals surface area contributed by atoms with Gasteiger partial charge in [-0.2, -0.15) is 0 Å². The Kier molecular flexibility index (Phi) is 3.99. The van der Waals surface area contributed by atoms with Crippen LogP contribution in [0, 0.1) is 5.92 Å². The van der Waals surface area contributed by atoms with E-state index in [1.807, 2.05) is 11.3 Å². The van der Waals surface area contributed by atoms with Crippen molar-refractivity contribution in [3.8, 4) is 0 Å². The van der Waals surface area contributed by atoms with Crippen molar-refractivity contribution in [2.45, 2.75) is 39.3 Å². The normalized spacial score (nSPS) is 23.7. The lowest BCUT2D eigenvalue weighted by molar-refractivity contribution is 0.325. The minimum atomic E-state index is 0.593. The van der Waals surface area contributed by atoms with E-state index in [0.29, 0.717) is 18.0 Å². The fourth-order valence-electron chi connectivity index (χ4n) is 3.08. The van der Waals surface area contributed by atoms with Gasteiger partial charge in [0.25, 0.3) is 0 Å². The first-order valence-electron chi connectivity index (χ1n) is 7.66. The zero-order valence-corrected chi connectivity index (χ0v) is 13.4. The van der Waals surface area contributed by atoms with Crippen LogP contribution in [-0.2, 0) is 0 Å². The summed E-state index contributed by atoms with van der Waals surface area (Å²) in [7, 11) is 0. The monoisotopic (exact) mass is 288 g/mol. The third kappa shape index (κ3) is 2.57. The molecule has 1 aromatic heterocycles. The van der Waals surface area contributed by atoms with Crippen LogP contribution in [0.1, 0.15) is 27.2 Å². The van der Waals surface area contributed by atoms with E-state index in [-0.39, 0.29) is 0 Å². The molecule has 0 radical (unpaired) electrons. The van der Waals surface area contributed by atoms with Crippen molar-refractivity contribution in [2.75, 3.05) is 18.0 Å². The molecule has 2 heterocycles. The van der Waals surface area contributed by atoms with E-state index in [2.05, 4.69) is 60.6 Å². The number of nitrogens with zero attached hydrogens (tertiary/aromatic N) is 1. The molecule has 1 aliphatic rings. The average Bonchev–Trinajstić information content (AvgIpc) is 2.93. The van der Waals surface area contributed by atoms with Crippen LogP contribution in [0.5, 0.6) is 0 Å². The second-order valence-corrected chi connectivity index (χ2v) is 7.06. The molecule has 2 atom stereocenters. The van der Waals surface area contributed by atoms with Crippen LogP contribution in [0.15, 0.2) is 29.6 Å². The van der Waals surface area contributed by atoms with Gasteiger partial charge in [0.15, 0.2) is 0 Å². The predicted molar refractivity (Wildman–Crippen MR) is 89.9 cm³/mol. The van der Waals surface area contributed by atoms with Gasteiger partial charge in [-0.25, -0.2) is 0 Å². The molecule has 2 nitrogen and oxygen atoms in total. The van der Waals surface area contributed by atoms with Crippen LogP contribution in [0.25, 0.3) is 10.1 Å². The Labute approximate surface area is 125 Å². The number of benzene rings is 1. The van der Waals surface area contributed by atoms with E-state index in [4.69, 9.17) is 0 Å². The fraction of sp³-hybridized carbons (Fsp3) is 0.529. The van der Waals surface area contributed by atoms with Gasteiger partial charge in [0.05, 0.1) is 0 Å². The predicted octanol–water partition coefficient (Wildman–Crippen LogP) is 4.11. The van der Waals surface area contributed by atoms with Crippen LogP contribution in [0.2, 0.25) is 0 Å². The van der Waals surface area contributed by atoms with E-state index >= 15 is 0 Å². The van der Waals surface area contributed by atoms with Crippen molar-refractivity contribution >= 4 is 27.1 Å². The molecule has 108 valence electrons. The molecule has 1 N–H and O–H groups in total. The number of thiophene rings is 1. The highest BCUT2D eigenvalue weighted by Crippen LogP contribution is 2.29. The summed E-state index contributed by atoms with van der Waals surface area (Å²) in [5.41, 5.74) is 1.38. The molecular weight excluding hydrogens is 264 g/mol. The van der Waals surface area contributed by atoms with Crippen molar-refractivity contribution in [3.05, 3.63) is 29.6 Å². The number of fused-ring (bicyclic) bond motifs is 1. The first-order chi connectivity index (χ1) is 9.69. The van der Waals surface area contributed by atoms with Gasteiger partial charge in [0.2, 0.25) is 0 Å². The van der Waals surface area contributed by atoms with Crippen molar-refractivity contribution in [1.29, 1.82) is 0 Å². The lowest BCUT2D eigenvalue weighted by Gasteiger charge is -2.43. The van der Waals surface area contributed by atoms with E-state index in [1.54, 1.807) is 0 Å². The molecular formula is C17H24N2S. The van der Waals surface area contributed by atoms with Gasteiger partial charge < -0.3 is 10.2 Å². The van der Waals surface area contributed by atoms with Gasteiger partial charge in [0.1, 0.15) is 0 Å². The highest BCUT2D eigenvalue weighted by Gasteiger charge is 2.28. The Bertz CT molecular complexity index is 575. The first-order valence-corrected chi connectivity index (χ1v) is 8.54. The van der Waals surface area contributed by atoms with E-state index in [1.165, 1.54) is 22.2 Å². The largest absolute Gasteiger partial charge is 0.366 e. The summed E-state index contributed by atoms with van der Waals surface area (Å²) >= 11 is 1.82. The number of piperazine rings is 1. The second kappa shape index (κ2) is 5.74. The molecule has 0 spiro atoms. The van der Waals surface area contributed by atoms with Crippen LogP contribution in [-0.4, -0.2) is 25.2 Å². The molecule has 0 aliphatic carbocycles. The van der Waals surface area contributed by atoms with Crippen molar-refractivity contribution in [1.82, 2.24) is 5.32 Å². The van der Waals surface area contributed by atoms with Crippen LogP contribution < -0.4 is 10.2 Å². The topological polar surface area (TPSA) is 15.3 Å². The van der Waals surface area contributed by atoms with E-state index < -0.39 is 0 Å². The molecule has 3 rings (SSSR count). The summed E-state index contributed by atoms with van der Waals surface area (Å²) in [4.78, 5) is 2.61. The van der Waals surface area contributed by atoms with Gasteiger partial charge in [-0.05, 0) is 47.4 Å². The maximum absolute atomic E-state index is 3.71. The van der Waals surface area contributed by atoms with Gasteiger partial charge in [-0.15, -0.1) is 11.3 Å². The molecule has 1 fully saturated rings. The van der Waals surface area contributed by atoms with Gasteiger partial charge >= 0.3 is 0 Å². The summed E-state index contributed by atoms with van der Waals surface area (Å²) < 4.78 is 1.39. The molecule has 0 bridgehead atoms. The summed E-state index contributed by atoms with van der Waals surface area (Å²) in [6.07, 6.45) is 1.19. The summed E-state index contributed by atoms with van der Waals surface area (Å²) in [5, 5.41) is 7.27. The zero-order valence-electron chi connectivity index (χ0n) is 12.6. The molecule has 2 aromatic rings. The number of rotatable bonds is 3. The third-order valence-electron chi connectivity index (χ3n) is 4.49. The van der Waals surface area contributed by atoms with Gasteiger partial charge in [0, 0.05) is 35.6 Å². The first kappa shape index (κ1) is 13.9. The Morgan fingerprint density at radius 2 is 2.20 bits per heavy atom. The molecule has 1 saturated heterocycles. The molecule has 1 aromatic carbocycles. The van der Waals surface area contributed by atoms with Crippen molar-refractivity contribution in [3.63, 3.8) is 0 Å². The Morgan fingerprint density at radius 3 is 2.95 bits per heavy atom. The fourth-order valence-corrected chi connectivity index (χ4v) is 3.85. The summed E-state index contributed by atoms with van der Waals surface area (Å²) in [6.45, 7) is 9.12. The molecule has 3 heteroatoms. The Morgan fingerprint density at radius 1 is 1.35 bits per heavy atom. The third-order valence-corrected chi connectivity index (χ3v) is 5.39. The minimum Gasteiger partial charge on any atom is -0.366 e. The standard InChI is InChI=1S/C17H24N2S/c1-4-14-10-18-16(12(2)3)11-19(14)15-5-6-17-13(9-15)7-8-20-17/h5-9,12,14,16,18H,4,10-11H2,1-3H3. The van der Waals surface area contributed by atoms with E-state index in [9.17, 15) is 0 Å². The lowest BCUT2D eigenvalue weighted by Crippen LogP contribution is -2.58. The van der Waals surface area contributed by atoms with Crippen molar-refractivity contribution < 1.29 is 0 Å². The quantitative estimate of drug-likeness (QED) is 0.914. The second-order valence-electron chi connectivity index (χ2n) is 6.12. The van der Waals surface area contributed by atoms with Gasteiger partial charge in [-0.1, -0.05) is 20.8 Å². The molecule has 0 saturated carbocycles. The molecule has 2 unspecified atom stereocenters. The van der Waals surface area contributed by atoms with Gasteiger partial charge in [-0.3, -0.25) is 0 Å². The summed E-state index contributed by atoms with van der Waals surface area (Å²) in [5.74, 6) is 0.681. The number of hydrogen-bond donors (Lipinski definition) is 1. The van der Waals surface area contributed by atoms with Crippen LogP contribution >= 0.6 is 11.3 Å². The SMILES string of the molecule is CCC1CNC(C(C)C)CN1c1ccc2sccc2c1. The highest BCUT2D eigenvalue weighted by molar-refractivity contribution is 7.17. The zero-order chi connectivity index (χ0) is 14.1. The Hall–Kier alpha value is -1.06. The van der Waals surface area contributed by atoms with Crippen LogP contribution in [0.4, 0.5) is 5.69 Å². The average molecular weight is 288 g/mol. The Balaban J connectivity index is 1.90. The molecule has 20 heavy (non-hydrogen) atoms. The van der Waals surface area contributed by atoms with Crippen molar-refractivity contribution in [2.24, 2.45) is 5.92 Å². The lowest BCUT2D eigenvalue weighted by atomic mass is 9.97. The van der Waals surface area contributed by atoms with Crippen LogP contribution in [0.3, 0.4) is 0 Å². The maximum atomic E-state index is 3.71. The number of anilines is 1. The minimum absolute atomic E-state index is 0.593.